The van der Waals surface area contributed by atoms with Gasteiger partial charge in [0.1, 0.15) is 12.2 Å². The first-order valence-electron chi connectivity index (χ1n) is 4.77. The van der Waals surface area contributed by atoms with Crippen LogP contribution in [0.1, 0.15) is 18.3 Å². The van der Waals surface area contributed by atoms with E-state index in [1.54, 1.807) is 11.0 Å². The van der Waals surface area contributed by atoms with Gasteiger partial charge in [0.15, 0.2) is 0 Å². The summed E-state index contributed by atoms with van der Waals surface area (Å²) in [6, 6.07) is 8.33. The fraction of sp³-hybridized carbons (Fsp3) is 0.273. The number of aromatic nitrogens is 3. The zero-order chi connectivity index (χ0) is 9.97. The lowest BCUT2D eigenvalue weighted by atomic mass is 10.1. The van der Waals surface area contributed by atoms with Crippen LogP contribution in [0.15, 0.2) is 30.6 Å². The van der Waals surface area contributed by atoms with Gasteiger partial charge in [-0.2, -0.15) is 5.10 Å². The molecular formula is C11H13N3. The van der Waals surface area contributed by atoms with Crippen LogP contribution in [-0.4, -0.2) is 14.8 Å². The van der Waals surface area contributed by atoms with E-state index in [1.165, 1.54) is 5.56 Å². The van der Waals surface area contributed by atoms with Crippen molar-refractivity contribution in [3.8, 4) is 5.69 Å². The van der Waals surface area contributed by atoms with E-state index in [4.69, 9.17) is 0 Å². The molecule has 3 heteroatoms. The molecule has 1 heterocycles. The van der Waals surface area contributed by atoms with Crippen molar-refractivity contribution < 1.29 is 0 Å². The third-order valence-corrected chi connectivity index (χ3v) is 2.19. The number of rotatable bonds is 2. The van der Waals surface area contributed by atoms with Gasteiger partial charge in [-0.25, -0.2) is 9.67 Å². The third-order valence-electron chi connectivity index (χ3n) is 2.19. The normalized spacial score (nSPS) is 10.4. The Balaban J connectivity index is 2.41. The van der Waals surface area contributed by atoms with E-state index in [9.17, 15) is 0 Å². The van der Waals surface area contributed by atoms with Crippen LogP contribution in [0.4, 0.5) is 0 Å². The first-order valence-corrected chi connectivity index (χ1v) is 4.77. The second kappa shape index (κ2) is 3.62. The lowest BCUT2D eigenvalue weighted by Crippen LogP contribution is -1.95. The summed E-state index contributed by atoms with van der Waals surface area (Å²) in [5.41, 5.74) is 2.39. The summed E-state index contributed by atoms with van der Waals surface area (Å²) >= 11 is 0. The van der Waals surface area contributed by atoms with E-state index >= 15 is 0 Å². The minimum absolute atomic E-state index is 0.798. The molecule has 0 aliphatic heterocycles. The average molecular weight is 187 g/mol. The monoisotopic (exact) mass is 187 g/mol. The zero-order valence-corrected chi connectivity index (χ0v) is 8.44. The fourth-order valence-corrected chi connectivity index (χ4v) is 1.39. The zero-order valence-electron chi connectivity index (χ0n) is 8.44. The molecule has 3 nitrogen and oxygen atoms in total. The molecule has 1 aromatic carbocycles. The molecule has 14 heavy (non-hydrogen) atoms. The van der Waals surface area contributed by atoms with Crippen molar-refractivity contribution in [3.05, 3.63) is 42.0 Å². The maximum Gasteiger partial charge on any atom is 0.147 e. The molecule has 2 rings (SSSR count). The first-order chi connectivity index (χ1) is 6.79. The van der Waals surface area contributed by atoms with Crippen LogP contribution in [0.2, 0.25) is 0 Å². The van der Waals surface area contributed by atoms with Crippen LogP contribution in [0, 0.1) is 6.92 Å². The van der Waals surface area contributed by atoms with Gasteiger partial charge in [-0.15, -0.1) is 0 Å². The molecule has 0 atom stereocenters. The predicted molar refractivity (Wildman–Crippen MR) is 55.5 cm³/mol. The Morgan fingerprint density at radius 2 is 2.21 bits per heavy atom. The van der Waals surface area contributed by atoms with Gasteiger partial charge in [0, 0.05) is 0 Å². The summed E-state index contributed by atoms with van der Waals surface area (Å²) in [7, 11) is 0. The summed E-state index contributed by atoms with van der Waals surface area (Å²) < 4.78 is 1.80. The molecular weight excluding hydrogens is 174 g/mol. The van der Waals surface area contributed by atoms with Crippen molar-refractivity contribution in [2.24, 2.45) is 0 Å². The standard InChI is InChI=1S/C11H13N3/c1-3-10-5-4-6-11(7-10)14-8-12-9(2)13-14/h4-8H,3H2,1-2H3. The molecule has 1 aromatic heterocycles. The van der Waals surface area contributed by atoms with Crippen molar-refractivity contribution >= 4 is 0 Å². The van der Waals surface area contributed by atoms with Crippen LogP contribution in [0.25, 0.3) is 5.69 Å². The SMILES string of the molecule is CCc1cccc(-n2cnc(C)n2)c1. The Labute approximate surface area is 83.4 Å². The van der Waals surface area contributed by atoms with Crippen molar-refractivity contribution in [1.82, 2.24) is 14.8 Å². The van der Waals surface area contributed by atoms with Crippen molar-refractivity contribution in [1.29, 1.82) is 0 Å². The topological polar surface area (TPSA) is 30.7 Å². The molecule has 0 amide bonds. The van der Waals surface area contributed by atoms with Crippen molar-refractivity contribution in [2.75, 3.05) is 0 Å². The maximum absolute atomic E-state index is 4.26. The highest BCUT2D eigenvalue weighted by Gasteiger charge is 1.99. The Morgan fingerprint density at radius 3 is 2.86 bits per heavy atom. The number of nitrogens with zero attached hydrogens (tertiary/aromatic N) is 3. The van der Waals surface area contributed by atoms with E-state index in [-0.39, 0.29) is 0 Å². The van der Waals surface area contributed by atoms with Gasteiger partial charge < -0.3 is 0 Å². The lowest BCUT2D eigenvalue weighted by molar-refractivity contribution is 0.860. The molecule has 72 valence electrons. The molecule has 0 unspecified atom stereocenters. The van der Waals surface area contributed by atoms with Gasteiger partial charge in [0.05, 0.1) is 5.69 Å². The third kappa shape index (κ3) is 1.66. The molecule has 0 spiro atoms. The molecule has 0 saturated heterocycles. The number of aryl methyl sites for hydroxylation is 2. The van der Waals surface area contributed by atoms with E-state index in [1.807, 2.05) is 19.1 Å². The maximum atomic E-state index is 4.26. The minimum Gasteiger partial charge on any atom is -0.221 e. The molecule has 0 N–H and O–H groups in total. The predicted octanol–water partition coefficient (Wildman–Crippen LogP) is 2.14. The van der Waals surface area contributed by atoms with E-state index < -0.39 is 0 Å². The van der Waals surface area contributed by atoms with Crippen LogP contribution in [0.3, 0.4) is 0 Å². The fourth-order valence-electron chi connectivity index (χ4n) is 1.39. The molecule has 0 aliphatic rings. The lowest BCUT2D eigenvalue weighted by Gasteiger charge is -2.02. The highest BCUT2D eigenvalue weighted by atomic mass is 15.3. The highest BCUT2D eigenvalue weighted by Crippen LogP contribution is 2.09. The van der Waals surface area contributed by atoms with E-state index in [2.05, 4.69) is 29.1 Å². The molecule has 0 radical (unpaired) electrons. The Kier molecular flexibility index (Phi) is 2.31. The van der Waals surface area contributed by atoms with Crippen LogP contribution >= 0.6 is 0 Å². The summed E-state index contributed by atoms with van der Waals surface area (Å²) in [4.78, 5) is 4.10. The summed E-state index contributed by atoms with van der Waals surface area (Å²) in [6.07, 6.45) is 2.78. The van der Waals surface area contributed by atoms with Gasteiger partial charge in [-0.05, 0) is 31.0 Å². The van der Waals surface area contributed by atoms with E-state index in [0.717, 1.165) is 17.9 Å². The van der Waals surface area contributed by atoms with Crippen LogP contribution in [0.5, 0.6) is 0 Å². The smallest absolute Gasteiger partial charge is 0.147 e. The van der Waals surface area contributed by atoms with E-state index in [0.29, 0.717) is 0 Å². The highest BCUT2D eigenvalue weighted by molar-refractivity contribution is 5.34. The summed E-state index contributed by atoms with van der Waals surface area (Å²) in [6.45, 7) is 4.03. The van der Waals surface area contributed by atoms with Gasteiger partial charge in [0.2, 0.25) is 0 Å². The second-order valence-corrected chi connectivity index (χ2v) is 3.26. The Bertz CT molecular complexity index is 432. The Hall–Kier alpha value is -1.64. The minimum atomic E-state index is 0.798. The second-order valence-electron chi connectivity index (χ2n) is 3.26. The molecule has 0 aliphatic carbocycles. The largest absolute Gasteiger partial charge is 0.221 e. The number of hydrogen-bond donors (Lipinski definition) is 0. The first kappa shape index (κ1) is 8.94. The molecule has 0 bridgehead atoms. The molecule has 2 aromatic rings. The molecule has 0 fully saturated rings. The average Bonchev–Trinajstić information content (AvgIpc) is 2.65. The summed E-state index contributed by atoms with van der Waals surface area (Å²) in [5.74, 6) is 0.798. The molecule has 0 saturated carbocycles. The quantitative estimate of drug-likeness (QED) is 0.721. The van der Waals surface area contributed by atoms with Gasteiger partial charge in [-0.1, -0.05) is 19.1 Å². The van der Waals surface area contributed by atoms with Crippen LogP contribution < -0.4 is 0 Å². The van der Waals surface area contributed by atoms with Crippen LogP contribution in [-0.2, 0) is 6.42 Å². The van der Waals surface area contributed by atoms with Gasteiger partial charge in [0.25, 0.3) is 0 Å². The number of benzene rings is 1. The Morgan fingerprint density at radius 1 is 1.36 bits per heavy atom. The van der Waals surface area contributed by atoms with Crippen molar-refractivity contribution in [3.63, 3.8) is 0 Å². The summed E-state index contributed by atoms with van der Waals surface area (Å²) in [5, 5.41) is 4.26. The number of hydrogen-bond acceptors (Lipinski definition) is 2. The van der Waals surface area contributed by atoms with Crippen molar-refractivity contribution in [2.45, 2.75) is 20.3 Å². The van der Waals surface area contributed by atoms with Gasteiger partial charge >= 0.3 is 0 Å². The van der Waals surface area contributed by atoms with Gasteiger partial charge in [-0.3, -0.25) is 0 Å².